The number of carbonyl (C=O) groups excluding carboxylic acids is 1. The van der Waals surface area contributed by atoms with E-state index in [0.717, 1.165) is 11.1 Å². The maximum atomic E-state index is 12.6. The molecule has 1 aromatic heterocycles. The number of ether oxygens (including phenoxy) is 2. The molecule has 0 aliphatic rings. The van der Waals surface area contributed by atoms with E-state index in [4.69, 9.17) is 9.47 Å². The summed E-state index contributed by atoms with van der Waals surface area (Å²) in [6.07, 6.45) is 1.61. The van der Waals surface area contributed by atoms with E-state index in [1.165, 1.54) is 4.57 Å². The molecule has 2 aromatic carbocycles. The molecule has 0 bridgehead atoms. The van der Waals surface area contributed by atoms with Crippen molar-refractivity contribution in [2.75, 3.05) is 19.0 Å². The highest BCUT2D eigenvalue weighted by molar-refractivity contribution is 5.91. The Morgan fingerprint density at radius 3 is 2.50 bits per heavy atom. The summed E-state index contributed by atoms with van der Waals surface area (Å²) < 4.78 is 11.9. The number of pyridine rings is 1. The third-order valence-electron chi connectivity index (χ3n) is 3.95. The second-order valence-electron chi connectivity index (χ2n) is 5.71. The number of carbonyl (C=O) groups is 1. The molecule has 1 amide bonds. The van der Waals surface area contributed by atoms with E-state index in [9.17, 15) is 9.59 Å². The molecule has 134 valence electrons. The van der Waals surface area contributed by atoms with Gasteiger partial charge in [-0.3, -0.25) is 9.59 Å². The fourth-order valence-electron chi connectivity index (χ4n) is 2.67. The maximum Gasteiger partial charge on any atom is 0.258 e. The van der Waals surface area contributed by atoms with E-state index in [1.807, 2.05) is 6.92 Å². The van der Waals surface area contributed by atoms with E-state index < -0.39 is 0 Å². The van der Waals surface area contributed by atoms with Gasteiger partial charge < -0.3 is 19.4 Å². The van der Waals surface area contributed by atoms with Crippen LogP contribution in [-0.4, -0.2) is 24.2 Å². The van der Waals surface area contributed by atoms with Gasteiger partial charge in [0.05, 0.1) is 13.7 Å². The first-order chi connectivity index (χ1) is 12.6. The average Bonchev–Trinajstić information content (AvgIpc) is 2.65. The zero-order valence-corrected chi connectivity index (χ0v) is 14.7. The Bertz CT molecular complexity index is 977. The van der Waals surface area contributed by atoms with Crippen molar-refractivity contribution in [3.63, 3.8) is 0 Å². The number of nitrogens with zero attached hydrogens (tertiary/aromatic N) is 1. The van der Waals surface area contributed by atoms with Crippen molar-refractivity contribution < 1.29 is 14.3 Å². The van der Waals surface area contributed by atoms with Crippen molar-refractivity contribution >= 4 is 22.4 Å². The summed E-state index contributed by atoms with van der Waals surface area (Å²) in [7, 11) is 1.58. The average molecular weight is 352 g/mol. The lowest BCUT2D eigenvalue weighted by molar-refractivity contribution is -0.116. The maximum absolute atomic E-state index is 12.6. The van der Waals surface area contributed by atoms with Gasteiger partial charge in [0, 0.05) is 17.3 Å². The van der Waals surface area contributed by atoms with Crippen LogP contribution in [0.2, 0.25) is 0 Å². The Morgan fingerprint density at radius 1 is 1.08 bits per heavy atom. The molecule has 0 unspecified atom stereocenters. The number of methoxy groups -OCH3 is 1. The largest absolute Gasteiger partial charge is 0.497 e. The summed E-state index contributed by atoms with van der Waals surface area (Å²) in [6.45, 7) is 2.43. The lowest BCUT2D eigenvalue weighted by Gasteiger charge is -2.10. The molecule has 0 radical (unpaired) electrons. The number of amides is 1. The van der Waals surface area contributed by atoms with Crippen LogP contribution in [0, 0.1) is 0 Å². The summed E-state index contributed by atoms with van der Waals surface area (Å²) in [5.74, 6) is 1.15. The predicted octanol–water partition coefficient (Wildman–Crippen LogP) is 3.05. The Morgan fingerprint density at radius 2 is 1.81 bits per heavy atom. The Hall–Kier alpha value is -3.28. The van der Waals surface area contributed by atoms with Gasteiger partial charge in [0.15, 0.2) is 0 Å². The van der Waals surface area contributed by atoms with Crippen molar-refractivity contribution in [2.45, 2.75) is 13.5 Å². The Labute approximate surface area is 151 Å². The standard InChI is InChI=1S/C20H20N2O4/c1-3-26-16-6-4-15(5-7-16)21-19(23)13-22-11-10-14-12-17(25-2)8-9-18(14)20(22)24/h4-12H,3,13H2,1-2H3,(H,21,23). The fourth-order valence-corrected chi connectivity index (χ4v) is 2.67. The van der Waals surface area contributed by atoms with Gasteiger partial charge in [-0.2, -0.15) is 0 Å². The van der Waals surface area contributed by atoms with Gasteiger partial charge >= 0.3 is 0 Å². The molecule has 26 heavy (non-hydrogen) atoms. The zero-order chi connectivity index (χ0) is 18.5. The van der Waals surface area contributed by atoms with Crippen LogP contribution < -0.4 is 20.3 Å². The molecule has 6 nitrogen and oxygen atoms in total. The van der Waals surface area contributed by atoms with E-state index in [-0.39, 0.29) is 18.0 Å². The number of fused-ring (bicyclic) bond motifs is 1. The SMILES string of the molecule is CCOc1ccc(NC(=O)Cn2ccc3cc(OC)ccc3c2=O)cc1. The summed E-state index contributed by atoms with van der Waals surface area (Å²) in [6, 6.07) is 14.1. The molecule has 1 heterocycles. The van der Waals surface area contributed by atoms with Gasteiger partial charge in [-0.15, -0.1) is 0 Å². The predicted molar refractivity (Wildman–Crippen MR) is 101 cm³/mol. The number of hydrogen-bond donors (Lipinski definition) is 1. The first-order valence-corrected chi connectivity index (χ1v) is 8.30. The van der Waals surface area contributed by atoms with E-state index in [1.54, 1.807) is 61.8 Å². The van der Waals surface area contributed by atoms with Crippen molar-refractivity contribution in [3.05, 3.63) is 65.1 Å². The van der Waals surface area contributed by atoms with Crippen LogP contribution in [0.3, 0.4) is 0 Å². The van der Waals surface area contributed by atoms with Crippen LogP contribution in [0.25, 0.3) is 10.8 Å². The normalized spacial score (nSPS) is 10.5. The highest BCUT2D eigenvalue weighted by Gasteiger charge is 2.08. The molecule has 0 spiro atoms. The first-order valence-electron chi connectivity index (χ1n) is 8.30. The number of nitrogens with one attached hydrogen (secondary N) is 1. The molecule has 0 saturated carbocycles. The Balaban J connectivity index is 1.74. The third-order valence-corrected chi connectivity index (χ3v) is 3.95. The van der Waals surface area contributed by atoms with Gasteiger partial charge in [-0.25, -0.2) is 0 Å². The minimum atomic E-state index is -0.274. The number of rotatable bonds is 6. The van der Waals surface area contributed by atoms with Gasteiger partial charge in [0.25, 0.3) is 5.56 Å². The van der Waals surface area contributed by atoms with E-state index in [2.05, 4.69) is 5.32 Å². The summed E-state index contributed by atoms with van der Waals surface area (Å²) >= 11 is 0. The van der Waals surface area contributed by atoms with Crippen LogP contribution in [0.4, 0.5) is 5.69 Å². The fraction of sp³-hybridized carbons (Fsp3) is 0.200. The molecule has 3 rings (SSSR count). The third kappa shape index (κ3) is 3.85. The van der Waals surface area contributed by atoms with Crippen molar-refractivity contribution in [3.8, 4) is 11.5 Å². The molecular formula is C20H20N2O4. The van der Waals surface area contributed by atoms with Crippen molar-refractivity contribution in [1.29, 1.82) is 0 Å². The topological polar surface area (TPSA) is 69.6 Å². The number of benzene rings is 2. The highest BCUT2D eigenvalue weighted by Crippen LogP contribution is 2.18. The molecular weight excluding hydrogens is 332 g/mol. The molecule has 0 aliphatic heterocycles. The van der Waals surface area contributed by atoms with Crippen LogP contribution >= 0.6 is 0 Å². The molecule has 1 N–H and O–H groups in total. The lowest BCUT2D eigenvalue weighted by atomic mass is 10.1. The molecule has 0 saturated heterocycles. The number of anilines is 1. The summed E-state index contributed by atoms with van der Waals surface area (Å²) in [4.78, 5) is 24.8. The van der Waals surface area contributed by atoms with Crippen molar-refractivity contribution in [2.24, 2.45) is 0 Å². The van der Waals surface area contributed by atoms with Gasteiger partial charge in [0.1, 0.15) is 18.0 Å². The van der Waals surface area contributed by atoms with Crippen LogP contribution in [0.5, 0.6) is 11.5 Å². The quantitative estimate of drug-likeness (QED) is 0.740. The van der Waals surface area contributed by atoms with Crippen LogP contribution in [0.1, 0.15) is 6.92 Å². The molecule has 0 atom stereocenters. The minimum Gasteiger partial charge on any atom is -0.497 e. The highest BCUT2D eigenvalue weighted by atomic mass is 16.5. The van der Waals surface area contributed by atoms with E-state index >= 15 is 0 Å². The van der Waals surface area contributed by atoms with Gasteiger partial charge in [-0.1, -0.05) is 0 Å². The minimum absolute atomic E-state index is 0.0615. The monoisotopic (exact) mass is 352 g/mol. The smallest absolute Gasteiger partial charge is 0.258 e. The summed E-state index contributed by atoms with van der Waals surface area (Å²) in [5, 5.41) is 4.10. The molecule has 3 aromatic rings. The van der Waals surface area contributed by atoms with Crippen molar-refractivity contribution in [1.82, 2.24) is 4.57 Å². The summed E-state index contributed by atoms with van der Waals surface area (Å²) in [5.41, 5.74) is 0.434. The van der Waals surface area contributed by atoms with Crippen LogP contribution in [-0.2, 0) is 11.3 Å². The molecule has 0 aliphatic carbocycles. The Kier molecular flexibility index (Phi) is 5.22. The first kappa shape index (κ1) is 17.5. The zero-order valence-electron chi connectivity index (χ0n) is 14.7. The molecule has 0 fully saturated rings. The number of aromatic nitrogens is 1. The van der Waals surface area contributed by atoms with Gasteiger partial charge in [0.2, 0.25) is 5.91 Å². The molecule has 6 heteroatoms. The second kappa shape index (κ2) is 7.74. The number of hydrogen-bond acceptors (Lipinski definition) is 4. The van der Waals surface area contributed by atoms with Crippen LogP contribution in [0.15, 0.2) is 59.5 Å². The van der Waals surface area contributed by atoms with E-state index in [0.29, 0.717) is 23.4 Å². The van der Waals surface area contributed by atoms with Gasteiger partial charge in [-0.05, 0) is 60.8 Å². The second-order valence-corrected chi connectivity index (χ2v) is 5.71. The lowest BCUT2D eigenvalue weighted by Crippen LogP contribution is -2.27.